The number of hydrogen-bond donors (Lipinski definition) is 0. The van der Waals surface area contributed by atoms with Crippen molar-refractivity contribution in [3.05, 3.63) is 23.9 Å². The van der Waals surface area contributed by atoms with E-state index in [9.17, 15) is 8.78 Å². The Bertz CT molecular complexity index is 170. The summed E-state index contributed by atoms with van der Waals surface area (Å²) in [6, 6.07) is 0. The van der Waals surface area contributed by atoms with Gasteiger partial charge in [-0.05, 0) is 19.7 Å². The molecule has 56 valence electrons. The van der Waals surface area contributed by atoms with Crippen molar-refractivity contribution in [2.24, 2.45) is 4.99 Å². The molecule has 0 rings (SSSR count). The summed E-state index contributed by atoms with van der Waals surface area (Å²) in [4.78, 5) is 3.13. The number of nitrogens with zero attached hydrogens (tertiary/aromatic N) is 1. The van der Waals surface area contributed by atoms with E-state index < -0.39 is 6.43 Å². The minimum atomic E-state index is -2.56. The van der Waals surface area contributed by atoms with Crippen LogP contribution in [0.25, 0.3) is 0 Å². The van der Waals surface area contributed by atoms with Crippen LogP contribution in [0.5, 0.6) is 0 Å². The summed E-state index contributed by atoms with van der Waals surface area (Å²) in [6.45, 7) is 8.04. The van der Waals surface area contributed by atoms with Crippen molar-refractivity contribution in [2.75, 3.05) is 0 Å². The number of hydrogen-bond acceptors (Lipinski definition) is 1. The number of allylic oxidation sites excluding steroid dienone is 3. The van der Waals surface area contributed by atoms with Gasteiger partial charge >= 0.3 is 0 Å². The largest absolute Gasteiger partial charge is 0.280 e. The van der Waals surface area contributed by atoms with Gasteiger partial charge in [0.05, 0.1) is 0 Å². The second-order valence-electron chi connectivity index (χ2n) is 1.87. The van der Waals surface area contributed by atoms with E-state index in [1.807, 2.05) is 0 Å². The van der Waals surface area contributed by atoms with Crippen LogP contribution in [-0.2, 0) is 0 Å². The quantitative estimate of drug-likeness (QED) is 0.427. The highest BCUT2D eigenvalue weighted by atomic mass is 19.3. The summed E-state index contributed by atoms with van der Waals surface area (Å²) in [5, 5.41) is 0. The Morgan fingerprint density at radius 1 is 1.60 bits per heavy atom. The summed E-state index contributed by atoms with van der Waals surface area (Å²) in [7, 11) is 0. The highest BCUT2D eigenvalue weighted by Gasteiger charge is 2.06. The van der Waals surface area contributed by atoms with Crippen molar-refractivity contribution < 1.29 is 8.78 Å². The topological polar surface area (TPSA) is 12.4 Å². The zero-order valence-electron chi connectivity index (χ0n) is 5.77. The second-order valence-corrected chi connectivity index (χ2v) is 1.87. The summed E-state index contributed by atoms with van der Waals surface area (Å²) < 4.78 is 23.6. The summed E-state index contributed by atoms with van der Waals surface area (Å²) >= 11 is 0. The molecule has 0 unspecified atom stereocenters. The first-order chi connectivity index (χ1) is 4.57. The van der Waals surface area contributed by atoms with Gasteiger partial charge < -0.3 is 0 Å². The molecule has 0 atom stereocenters. The van der Waals surface area contributed by atoms with Gasteiger partial charge in [-0.3, -0.25) is 4.99 Å². The molecule has 0 fully saturated rings. The molecule has 0 amide bonds. The lowest BCUT2D eigenvalue weighted by Crippen LogP contribution is -1.92. The SMILES string of the molecule is C=N/C(=C\C(=C)C)C(F)F. The maximum atomic E-state index is 11.8. The van der Waals surface area contributed by atoms with E-state index in [1.54, 1.807) is 6.92 Å². The Morgan fingerprint density at radius 3 is 2.20 bits per heavy atom. The lowest BCUT2D eigenvalue weighted by atomic mass is 10.3. The van der Waals surface area contributed by atoms with Gasteiger partial charge in [0.15, 0.2) is 0 Å². The van der Waals surface area contributed by atoms with Crippen LogP contribution in [0.2, 0.25) is 0 Å². The van der Waals surface area contributed by atoms with E-state index in [0.717, 1.165) is 0 Å². The highest BCUT2D eigenvalue weighted by Crippen LogP contribution is 2.10. The molecule has 0 bridgehead atoms. The van der Waals surface area contributed by atoms with Crippen molar-refractivity contribution in [1.29, 1.82) is 0 Å². The zero-order chi connectivity index (χ0) is 8.15. The minimum Gasteiger partial charge on any atom is -0.263 e. The van der Waals surface area contributed by atoms with Crippen molar-refractivity contribution in [2.45, 2.75) is 13.3 Å². The lowest BCUT2D eigenvalue weighted by Gasteiger charge is -1.96. The van der Waals surface area contributed by atoms with Crippen LogP contribution in [0.3, 0.4) is 0 Å². The molecule has 0 saturated carbocycles. The lowest BCUT2D eigenvalue weighted by molar-refractivity contribution is 0.188. The van der Waals surface area contributed by atoms with Gasteiger partial charge in [-0.25, -0.2) is 8.78 Å². The van der Waals surface area contributed by atoms with Gasteiger partial charge in [-0.15, -0.1) is 0 Å². The third kappa shape index (κ3) is 3.12. The Labute approximate surface area is 58.8 Å². The van der Waals surface area contributed by atoms with Gasteiger partial charge in [0.25, 0.3) is 6.43 Å². The summed E-state index contributed by atoms with van der Waals surface area (Å²) in [6.07, 6.45) is -1.35. The molecule has 0 aromatic heterocycles. The van der Waals surface area contributed by atoms with Crippen molar-refractivity contribution >= 4 is 6.72 Å². The Morgan fingerprint density at radius 2 is 2.10 bits per heavy atom. The Hall–Kier alpha value is -0.990. The molecular formula is C7H9F2N. The first kappa shape index (κ1) is 9.01. The van der Waals surface area contributed by atoms with E-state index >= 15 is 0 Å². The molecule has 0 heterocycles. The molecule has 0 saturated heterocycles. The molecule has 1 nitrogen and oxygen atoms in total. The molecule has 0 aliphatic heterocycles. The second kappa shape index (κ2) is 3.93. The smallest absolute Gasteiger partial charge is 0.263 e. The first-order valence-electron chi connectivity index (χ1n) is 2.70. The third-order valence-corrected chi connectivity index (χ3v) is 0.800. The maximum absolute atomic E-state index is 11.8. The highest BCUT2D eigenvalue weighted by molar-refractivity contribution is 5.32. The van der Waals surface area contributed by atoms with E-state index in [0.29, 0.717) is 5.57 Å². The fourth-order valence-electron chi connectivity index (χ4n) is 0.430. The molecule has 0 N–H and O–H groups in total. The summed E-state index contributed by atoms with van der Waals surface area (Å²) in [5.41, 5.74) is 0.218. The number of aliphatic imine (C=N–C) groups is 1. The first-order valence-corrected chi connectivity index (χ1v) is 2.70. The van der Waals surface area contributed by atoms with Crippen LogP contribution in [0.15, 0.2) is 28.9 Å². The van der Waals surface area contributed by atoms with Gasteiger partial charge in [0, 0.05) is 0 Å². The average molecular weight is 145 g/mol. The van der Waals surface area contributed by atoms with Crippen LogP contribution >= 0.6 is 0 Å². The van der Waals surface area contributed by atoms with E-state index in [-0.39, 0.29) is 5.70 Å². The molecule has 0 aliphatic carbocycles. The minimum absolute atomic E-state index is 0.326. The molecule has 0 aromatic carbocycles. The summed E-state index contributed by atoms with van der Waals surface area (Å²) in [5.74, 6) is 0. The van der Waals surface area contributed by atoms with Crippen LogP contribution in [0.4, 0.5) is 8.78 Å². The van der Waals surface area contributed by atoms with Crippen LogP contribution in [0, 0.1) is 0 Å². The number of alkyl halides is 2. The fourth-order valence-corrected chi connectivity index (χ4v) is 0.430. The number of rotatable bonds is 3. The maximum Gasteiger partial charge on any atom is 0.280 e. The third-order valence-electron chi connectivity index (χ3n) is 0.800. The molecule has 0 aliphatic rings. The molecule has 0 radical (unpaired) electrons. The average Bonchev–Trinajstić information content (AvgIpc) is 1.81. The van der Waals surface area contributed by atoms with Gasteiger partial charge in [0.1, 0.15) is 5.70 Å². The Kier molecular flexibility index (Phi) is 3.54. The van der Waals surface area contributed by atoms with Crippen molar-refractivity contribution in [3.8, 4) is 0 Å². The van der Waals surface area contributed by atoms with E-state index in [1.165, 1.54) is 6.08 Å². The Balaban J connectivity index is 4.33. The van der Waals surface area contributed by atoms with Crippen molar-refractivity contribution in [3.63, 3.8) is 0 Å². The van der Waals surface area contributed by atoms with Crippen molar-refractivity contribution in [1.82, 2.24) is 0 Å². The van der Waals surface area contributed by atoms with E-state index in [2.05, 4.69) is 18.3 Å². The van der Waals surface area contributed by atoms with Crippen LogP contribution in [0.1, 0.15) is 6.92 Å². The van der Waals surface area contributed by atoms with Gasteiger partial charge in [-0.2, -0.15) is 0 Å². The van der Waals surface area contributed by atoms with Crippen LogP contribution in [-0.4, -0.2) is 13.1 Å². The molecule has 0 aromatic rings. The van der Waals surface area contributed by atoms with Gasteiger partial charge in [0.2, 0.25) is 0 Å². The van der Waals surface area contributed by atoms with Crippen LogP contribution < -0.4 is 0 Å². The molecule has 0 spiro atoms. The predicted molar refractivity (Wildman–Crippen MR) is 38.5 cm³/mol. The van der Waals surface area contributed by atoms with Gasteiger partial charge in [-0.1, -0.05) is 12.2 Å². The monoisotopic (exact) mass is 145 g/mol. The standard InChI is InChI=1S/C7H9F2N/c1-5(2)4-6(10-3)7(8)9/h4,7H,1,3H2,2H3/b6-4-. The zero-order valence-corrected chi connectivity index (χ0v) is 5.77. The molecule has 10 heavy (non-hydrogen) atoms. The molecular weight excluding hydrogens is 136 g/mol. The normalized spacial score (nSPS) is 11.8. The fraction of sp³-hybridized carbons (Fsp3) is 0.286. The number of halogens is 2. The molecule has 3 heteroatoms. The van der Waals surface area contributed by atoms with E-state index in [4.69, 9.17) is 0 Å². The predicted octanol–water partition coefficient (Wildman–Crippen LogP) is 2.41.